The highest BCUT2D eigenvalue weighted by Gasteiger charge is 2.31. The minimum Gasteiger partial charge on any atom is -0.364 e. The molecule has 1 aromatic heterocycles. The summed E-state index contributed by atoms with van der Waals surface area (Å²) in [6.45, 7) is 2.53. The van der Waals surface area contributed by atoms with Crippen LogP contribution in [0, 0.1) is 0 Å². The number of aromatic nitrogens is 2. The van der Waals surface area contributed by atoms with E-state index in [9.17, 15) is 18.0 Å². The maximum atomic E-state index is 12.3. The lowest BCUT2D eigenvalue weighted by Gasteiger charge is -2.39. The van der Waals surface area contributed by atoms with Crippen molar-refractivity contribution in [3.8, 4) is 0 Å². The molecule has 0 bridgehead atoms. The summed E-state index contributed by atoms with van der Waals surface area (Å²) in [6.07, 6.45) is -3.29. The molecule has 0 unspecified atom stereocenters. The Morgan fingerprint density at radius 3 is 2.65 bits per heavy atom. The van der Waals surface area contributed by atoms with Crippen LogP contribution in [0.2, 0.25) is 5.02 Å². The molecule has 2 heterocycles. The van der Waals surface area contributed by atoms with Gasteiger partial charge in [-0.3, -0.25) is 4.79 Å². The Kier molecular flexibility index (Phi) is 4.24. The van der Waals surface area contributed by atoms with E-state index in [0.29, 0.717) is 16.9 Å². The molecule has 0 aromatic carbocycles. The first-order valence-corrected chi connectivity index (χ1v) is 6.51. The highest BCUT2D eigenvalue weighted by Crippen LogP contribution is 2.25. The fourth-order valence-electron chi connectivity index (χ4n) is 2.06. The van der Waals surface area contributed by atoms with Gasteiger partial charge >= 0.3 is 6.18 Å². The largest absolute Gasteiger partial charge is 0.408 e. The van der Waals surface area contributed by atoms with Crippen molar-refractivity contribution in [3.05, 3.63) is 21.6 Å². The molecule has 0 spiro atoms. The summed E-state index contributed by atoms with van der Waals surface area (Å²) in [6, 6.07) is 0.178. The van der Waals surface area contributed by atoms with Gasteiger partial charge in [0.05, 0.1) is 17.9 Å². The fraction of sp³-hybridized carbons (Fsp3) is 0.636. The number of rotatable bonds is 4. The number of nitrogens with zero attached hydrogens (tertiary/aromatic N) is 3. The van der Waals surface area contributed by atoms with Gasteiger partial charge in [-0.25, -0.2) is 4.68 Å². The second kappa shape index (κ2) is 5.61. The molecule has 1 aliphatic heterocycles. The standard InChI is InChI=1S/C11H14ClF3N4O/c1-2-18(7-3-16-4-7)8-5-17-19(6-11(13,14)15)10(20)9(8)12/h5,7,16H,2-4,6H2,1H3. The van der Waals surface area contributed by atoms with E-state index in [2.05, 4.69) is 10.4 Å². The van der Waals surface area contributed by atoms with Gasteiger partial charge in [0.15, 0.2) is 0 Å². The van der Waals surface area contributed by atoms with E-state index >= 15 is 0 Å². The van der Waals surface area contributed by atoms with Crippen molar-refractivity contribution in [2.75, 3.05) is 24.5 Å². The van der Waals surface area contributed by atoms with E-state index < -0.39 is 18.3 Å². The summed E-state index contributed by atoms with van der Waals surface area (Å²) in [5.41, 5.74) is -0.545. The van der Waals surface area contributed by atoms with E-state index in [0.717, 1.165) is 13.1 Å². The van der Waals surface area contributed by atoms with Crippen molar-refractivity contribution in [1.82, 2.24) is 15.1 Å². The highest BCUT2D eigenvalue weighted by molar-refractivity contribution is 6.33. The molecular weight excluding hydrogens is 297 g/mol. The molecular formula is C11H14ClF3N4O. The van der Waals surface area contributed by atoms with Gasteiger partial charge in [-0.15, -0.1) is 0 Å². The van der Waals surface area contributed by atoms with E-state index in [1.54, 1.807) is 0 Å². The van der Waals surface area contributed by atoms with Crippen LogP contribution in [0.25, 0.3) is 0 Å². The first-order valence-electron chi connectivity index (χ1n) is 6.13. The number of halogens is 4. The summed E-state index contributed by atoms with van der Waals surface area (Å²) >= 11 is 5.92. The van der Waals surface area contributed by atoms with Crippen molar-refractivity contribution in [1.29, 1.82) is 0 Å². The molecule has 5 nitrogen and oxygen atoms in total. The number of nitrogens with one attached hydrogen (secondary N) is 1. The van der Waals surface area contributed by atoms with Crippen LogP contribution in [-0.2, 0) is 6.54 Å². The number of likely N-dealkylation sites (N-methyl/N-ethyl adjacent to an activating group) is 1. The van der Waals surface area contributed by atoms with E-state index in [4.69, 9.17) is 11.6 Å². The molecule has 1 saturated heterocycles. The first kappa shape index (κ1) is 15.1. The smallest absolute Gasteiger partial charge is 0.364 e. The second-order valence-corrected chi connectivity index (χ2v) is 4.90. The average Bonchev–Trinajstić information content (AvgIpc) is 2.29. The van der Waals surface area contributed by atoms with Crippen LogP contribution in [0.5, 0.6) is 0 Å². The zero-order chi connectivity index (χ0) is 14.9. The van der Waals surface area contributed by atoms with E-state index in [1.807, 2.05) is 11.8 Å². The lowest BCUT2D eigenvalue weighted by molar-refractivity contribution is -0.143. The molecule has 20 heavy (non-hydrogen) atoms. The van der Waals surface area contributed by atoms with Crippen molar-refractivity contribution in [2.24, 2.45) is 0 Å². The van der Waals surface area contributed by atoms with Crippen LogP contribution in [0.15, 0.2) is 11.0 Å². The summed E-state index contributed by atoms with van der Waals surface area (Å²) in [4.78, 5) is 13.7. The maximum Gasteiger partial charge on any atom is 0.408 e. The molecule has 0 radical (unpaired) electrons. The summed E-state index contributed by atoms with van der Waals surface area (Å²) in [5.74, 6) is 0. The molecule has 2 rings (SSSR count). The Morgan fingerprint density at radius 2 is 2.20 bits per heavy atom. The monoisotopic (exact) mass is 310 g/mol. The first-order chi connectivity index (χ1) is 9.33. The Bertz CT molecular complexity index is 541. The number of hydrogen-bond donors (Lipinski definition) is 1. The molecule has 0 atom stereocenters. The van der Waals surface area contributed by atoms with Crippen LogP contribution < -0.4 is 15.8 Å². The molecule has 1 fully saturated rings. The molecule has 1 aliphatic rings. The summed E-state index contributed by atoms with van der Waals surface area (Å²) in [7, 11) is 0. The van der Waals surface area contributed by atoms with Crippen LogP contribution in [0.4, 0.5) is 18.9 Å². The van der Waals surface area contributed by atoms with Gasteiger partial charge in [-0.2, -0.15) is 18.3 Å². The van der Waals surface area contributed by atoms with Crippen LogP contribution in [0.3, 0.4) is 0 Å². The molecule has 1 aromatic rings. The zero-order valence-electron chi connectivity index (χ0n) is 10.7. The number of anilines is 1. The average molecular weight is 311 g/mol. The molecule has 0 saturated carbocycles. The van der Waals surface area contributed by atoms with Gasteiger partial charge in [0.1, 0.15) is 11.6 Å². The predicted octanol–water partition coefficient (Wildman–Crippen LogP) is 1.26. The quantitative estimate of drug-likeness (QED) is 0.909. The number of hydrogen-bond acceptors (Lipinski definition) is 4. The van der Waals surface area contributed by atoms with Crippen LogP contribution in [-0.4, -0.2) is 41.6 Å². The molecule has 1 N–H and O–H groups in total. The lowest BCUT2D eigenvalue weighted by atomic mass is 10.1. The highest BCUT2D eigenvalue weighted by atomic mass is 35.5. The van der Waals surface area contributed by atoms with Crippen LogP contribution in [0.1, 0.15) is 6.92 Å². The van der Waals surface area contributed by atoms with Gasteiger partial charge in [0.2, 0.25) is 0 Å². The Morgan fingerprint density at radius 1 is 1.55 bits per heavy atom. The topological polar surface area (TPSA) is 50.2 Å². The summed E-state index contributed by atoms with van der Waals surface area (Å²) < 4.78 is 37.3. The Hall–Kier alpha value is -1.28. The minimum atomic E-state index is -4.51. The maximum absolute atomic E-state index is 12.3. The van der Waals surface area contributed by atoms with Crippen molar-refractivity contribution >= 4 is 17.3 Å². The predicted molar refractivity (Wildman–Crippen MR) is 69.2 cm³/mol. The fourth-order valence-corrected chi connectivity index (χ4v) is 2.31. The molecule has 0 aliphatic carbocycles. The van der Waals surface area contributed by atoms with E-state index in [-0.39, 0.29) is 11.1 Å². The van der Waals surface area contributed by atoms with E-state index in [1.165, 1.54) is 6.20 Å². The van der Waals surface area contributed by atoms with Crippen LogP contribution >= 0.6 is 11.6 Å². The molecule has 9 heteroatoms. The van der Waals surface area contributed by atoms with Gasteiger partial charge in [-0.1, -0.05) is 11.6 Å². The third-order valence-corrected chi connectivity index (χ3v) is 3.50. The van der Waals surface area contributed by atoms with Gasteiger partial charge in [-0.05, 0) is 6.92 Å². The van der Waals surface area contributed by atoms with Gasteiger partial charge < -0.3 is 10.2 Å². The minimum absolute atomic E-state index is 0.178. The van der Waals surface area contributed by atoms with Crippen molar-refractivity contribution in [3.63, 3.8) is 0 Å². The van der Waals surface area contributed by atoms with Crippen molar-refractivity contribution < 1.29 is 13.2 Å². The third-order valence-electron chi connectivity index (χ3n) is 3.15. The Labute approximate surface area is 118 Å². The molecule has 0 amide bonds. The third kappa shape index (κ3) is 3.06. The Balaban J connectivity index is 2.32. The normalized spacial score (nSPS) is 16.1. The van der Waals surface area contributed by atoms with Gasteiger partial charge in [0.25, 0.3) is 5.56 Å². The van der Waals surface area contributed by atoms with Gasteiger partial charge in [0, 0.05) is 19.6 Å². The molecule has 112 valence electrons. The lowest BCUT2D eigenvalue weighted by Crippen LogP contribution is -2.57. The zero-order valence-corrected chi connectivity index (χ0v) is 11.5. The summed E-state index contributed by atoms with van der Waals surface area (Å²) in [5, 5.41) is 6.43. The van der Waals surface area contributed by atoms with Crippen molar-refractivity contribution in [2.45, 2.75) is 25.7 Å². The SMILES string of the molecule is CCN(c1cnn(CC(F)(F)F)c(=O)c1Cl)C1CNC1. The number of alkyl halides is 3. The second-order valence-electron chi connectivity index (χ2n) is 4.52.